The van der Waals surface area contributed by atoms with Gasteiger partial charge in [-0.1, -0.05) is 56.7 Å². The average molecular weight is 427 g/mol. The lowest BCUT2D eigenvalue weighted by atomic mass is 10.1. The lowest BCUT2D eigenvalue weighted by molar-refractivity contribution is -0.131. The van der Waals surface area contributed by atoms with E-state index >= 15 is 0 Å². The molecule has 31 heavy (non-hydrogen) atoms. The zero-order valence-electron chi connectivity index (χ0n) is 19.9. The highest BCUT2D eigenvalue weighted by Crippen LogP contribution is 2.16. The number of hydrogen-bond acceptors (Lipinski definition) is 4. The molecule has 0 bridgehead atoms. The van der Waals surface area contributed by atoms with Crippen molar-refractivity contribution in [3.63, 3.8) is 0 Å². The molecular formula is C26H42N4O. The van der Waals surface area contributed by atoms with Gasteiger partial charge in [-0.2, -0.15) is 0 Å². The van der Waals surface area contributed by atoms with Gasteiger partial charge in [0.2, 0.25) is 5.91 Å². The predicted molar refractivity (Wildman–Crippen MR) is 136 cm³/mol. The summed E-state index contributed by atoms with van der Waals surface area (Å²) in [4.78, 5) is 16.7. The number of para-hydroxylation sites is 1. The zero-order chi connectivity index (χ0) is 23.5. The fraction of sp³-hybridized carbons (Fsp3) is 0.423. The van der Waals surface area contributed by atoms with Gasteiger partial charge in [0.15, 0.2) is 0 Å². The molecule has 0 saturated carbocycles. The Bertz CT molecular complexity index is 693. The monoisotopic (exact) mass is 426 g/mol. The zero-order valence-corrected chi connectivity index (χ0v) is 19.9. The molecule has 0 aromatic heterocycles. The molecule has 1 aliphatic rings. The molecule has 1 saturated heterocycles. The maximum Gasteiger partial charge on any atom is 0.223 e. The molecule has 1 amide bonds. The molecule has 3 rings (SSSR count). The van der Waals surface area contributed by atoms with Gasteiger partial charge >= 0.3 is 0 Å². The van der Waals surface area contributed by atoms with Gasteiger partial charge in [0, 0.05) is 44.0 Å². The molecule has 5 heteroatoms. The highest BCUT2D eigenvalue weighted by Gasteiger charge is 2.20. The molecule has 1 aliphatic heterocycles. The van der Waals surface area contributed by atoms with Crippen LogP contribution in [0.25, 0.3) is 0 Å². The van der Waals surface area contributed by atoms with Crippen LogP contribution in [0, 0.1) is 0 Å². The molecular weight excluding hydrogens is 384 g/mol. The molecule has 4 N–H and O–H groups in total. The van der Waals surface area contributed by atoms with Gasteiger partial charge in [0.05, 0.1) is 0 Å². The van der Waals surface area contributed by atoms with Crippen molar-refractivity contribution in [3.8, 4) is 0 Å². The lowest BCUT2D eigenvalue weighted by Crippen LogP contribution is -2.48. The number of anilines is 2. The second-order valence-corrected chi connectivity index (χ2v) is 7.06. The molecule has 0 atom stereocenters. The average Bonchev–Trinajstić information content (AvgIpc) is 2.81. The van der Waals surface area contributed by atoms with Crippen LogP contribution in [-0.4, -0.2) is 44.0 Å². The molecule has 1 heterocycles. The van der Waals surface area contributed by atoms with Crippen molar-refractivity contribution in [3.05, 3.63) is 72.8 Å². The third-order valence-corrected chi connectivity index (χ3v) is 4.36. The fourth-order valence-electron chi connectivity index (χ4n) is 2.95. The van der Waals surface area contributed by atoms with Crippen LogP contribution in [0.15, 0.2) is 67.3 Å². The van der Waals surface area contributed by atoms with Gasteiger partial charge in [-0.25, -0.2) is 0 Å². The van der Waals surface area contributed by atoms with Gasteiger partial charge in [0.1, 0.15) is 0 Å². The molecule has 0 spiro atoms. The first-order valence-electron chi connectivity index (χ1n) is 11.1. The van der Waals surface area contributed by atoms with Crippen molar-refractivity contribution in [2.75, 3.05) is 43.9 Å². The Balaban J connectivity index is 0.000000991. The molecule has 2 aromatic carbocycles. The first kappa shape index (κ1) is 28.2. The second-order valence-electron chi connectivity index (χ2n) is 7.06. The van der Waals surface area contributed by atoms with E-state index < -0.39 is 0 Å². The summed E-state index contributed by atoms with van der Waals surface area (Å²) in [7, 11) is 1.50. The number of allylic oxidation sites excluding steroid dienone is 1. The molecule has 5 nitrogen and oxygen atoms in total. The van der Waals surface area contributed by atoms with E-state index in [1.54, 1.807) is 6.08 Å². The summed E-state index contributed by atoms with van der Waals surface area (Å²) in [5.41, 5.74) is 13.3. The number of benzene rings is 2. The number of rotatable bonds is 4. The van der Waals surface area contributed by atoms with Crippen LogP contribution >= 0.6 is 0 Å². The molecule has 172 valence electrons. The number of nitrogens with two attached hydrogens (primary N) is 2. The van der Waals surface area contributed by atoms with Gasteiger partial charge in [-0.3, -0.25) is 4.79 Å². The van der Waals surface area contributed by atoms with E-state index in [1.165, 1.54) is 19.2 Å². The van der Waals surface area contributed by atoms with E-state index in [9.17, 15) is 4.79 Å². The summed E-state index contributed by atoms with van der Waals surface area (Å²) in [6.07, 6.45) is 4.34. The number of carbonyl (C=O) groups excluding carboxylic acids is 1. The van der Waals surface area contributed by atoms with Crippen molar-refractivity contribution in [2.24, 2.45) is 5.73 Å². The van der Waals surface area contributed by atoms with Crippen LogP contribution in [0.2, 0.25) is 0 Å². The highest BCUT2D eigenvalue weighted by molar-refractivity contribution is 5.76. The van der Waals surface area contributed by atoms with Gasteiger partial charge in [-0.05, 0) is 50.2 Å². The fourth-order valence-corrected chi connectivity index (χ4v) is 2.95. The maximum atomic E-state index is 12.4. The Morgan fingerprint density at radius 1 is 0.968 bits per heavy atom. The number of hydrogen-bond donors (Lipinski definition) is 2. The van der Waals surface area contributed by atoms with E-state index in [0.29, 0.717) is 6.42 Å². The molecule has 0 unspecified atom stereocenters. The number of piperazine rings is 1. The van der Waals surface area contributed by atoms with Crippen LogP contribution in [0.5, 0.6) is 0 Å². The Kier molecular flexibility index (Phi) is 16.4. The summed E-state index contributed by atoms with van der Waals surface area (Å²) in [5, 5.41) is 0. The largest absolute Gasteiger partial charge is 0.399 e. The third kappa shape index (κ3) is 11.8. The van der Waals surface area contributed by atoms with E-state index in [4.69, 9.17) is 5.73 Å². The van der Waals surface area contributed by atoms with E-state index in [1.807, 2.05) is 42.2 Å². The van der Waals surface area contributed by atoms with Crippen molar-refractivity contribution >= 4 is 17.3 Å². The minimum absolute atomic E-state index is 0.245. The first-order chi connectivity index (χ1) is 15.0. The van der Waals surface area contributed by atoms with Crippen LogP contribution in [0.1, 0.15) is 39.2 Å². The predicted octanol–water partition coefficient (Wildman–Crippen LogP) is 4.73. The SMILES string of the molecule is C=CC.CCC.CN.Nc1ccc(CCC(=O)N2CCN(c3ccccc3)CC2)cc1. The summed E-state index contributed by atoms with van der Waals surface area (Å²) in [6, 6.07) is 18.2. The number of nitrogen functional groups attached to an aromatic ring is 1. The second kappa shape index (κ2) is 18.0. The third-order valence-electron chi connectivity index (χ3n) is 4.36. The van der Waals surface area contributed by atoms with Gasteiger partial charge < -0.3 is 21.3 Å². The standard InChI is InChI=1S/C19H23N3O.C3H8.C3H6.CH5N/c20-17-9-6-16(7-10-17)8-11-19(23)22-14-12-21(13-15-22)18-4-2-1-3-5-18;2*1-3-2;1-2/h1-7,9-10H,8,11-15,20H2;3H2,1-2H3;3H,1H2,2H3;2H2,1H3. The van der Waals surface area contributed by atoms with Crippen LogP contribution in [-0.2, 0) is 11.2 Å². The molecule has 2 aromatic rings. The smallest absolute Gasteiger partial charge is 0.223 e. The number of aryl methyl sites for hydroxylation is 1. The van der Waals surface area contributed by atoms with Crippen molar-refractivity contribution < 1.29 is 4.79 Å². The Labute approximate surface area is 189 Å². The summed E-state index contributed by atoms with van der Waals surface area (Å²) in [6.45, 7) is 12.9. The minimum atomic E-state index is 0.245. The number of nitrogens with zero attached hydrogens (tertiary/aromatic N) is 2. The highest BCUT2D eigenvalue weighted by atomic mass is 16.2. The van der Waals surface area contributed by atoms with Gasteiger partial charge in [0.25, 0.3) is 0 Å². The normalized spacial score (nSPS) is 12.2. The summed E-state index contributed by atoms with van der Waals surface area (Å²) >= 11 is 0. The Hall–Kier alpha value is -2.79. The van der Waals surface area contributed by atoms with Crippen LogP contribution in [0.3, 0.4) is 0 Å². The molecule has 0 radical (unpaired) electrons. The van der Waals surface area contributed by atoms with E-state index in [0.717, 1.165) is 43.9 Å². The van der Waals surface area contributed by atoms with E-state index in [2.05, 4.69) is 55.3 Å². The van der Waals surface area contributed by atoms with Crippen molar-refractivity contribution in [1.82, 2.24) is 4.90 Å². The first-order valence-corrected chi connectivity index (χ1v) is 11.1. The maximum absolute atomic E-state index is 12.4. The van der Waals surface area contributed by atoms with Crippen LogP contribution in [0.4, 0.5) is 11.4 Å². The Morgan fingerprint density at radius 3 is 1.94 bits per heavy atom. The number of amides is 1. The minimum Gasteiger partial charge on any atom is -0.399 e. The number of carbonyl (C=O) groups is 1. The lowest BCUT2D eigenvalue weighted by Gasteiger charge is -2.36. The summed E-state index contributed by atoms with van der Waals surface area (Å²) < 4.78 is 0. The van der Waals surface area contributed by atoms with E-state index in [-0.39, 0.29) is 5.91 Å². The molecule has 1 fully saturated rings. The Morgan fingerprint density at radius 2 is 1.45 bits per heavy atom. The molecule has 0 aliphatic carbocycles. The van der Waals surface area contributed by atoms with Crippen molar-refractivity contribution in [1.29, 1.82) is 0 Å². The quantitative estimate of drug-likeness (QED) is 0.547. The van der Waals surface area contributed by atoms with Gasteiger partial charge in [-0.15, -0.1) is 6.58 Å². The van der Waals surface area contributed by atoms with Crippen LogP contribution < -0.4 is 16.4 Å². The topological polar surface area (TPSA) is 75.6 Å². The van der Waals surface area contributed by atoms with Crippen molar-refractivity contribution in [2.45, 2.75) is 40.0 Å². The summed E-state index contributed by atoms with van der Waals surface area (Å²) in [5.74, 6) is 0.245.